The molecule has 1 saturated heterocycles. The minimum absolute atomic E-state index is 0.0280. The van der Waals surface area contributed by atoms with Gasteiger partial charge in [0.25, 0.3) is 0 Å². The Kier molecular flexibility index (Phi) is 4.97. The van der Waals surface area contributed by atoms with E-state index >= 15 is 0 Å². The zero-order chi connectivity index (χ0) is 16.1. The van der Waals surface area contributed by atoms with Crippen LogP contribution in [0.15, 0.2) is 36.7 Å². The van der Waals surface area contributed by atoms with Gasteiger partial charge in [-0.2, -0.15) is 0 Å². The molecular weight excluding hydrogens is 294 g/mol. The standard InChI is InChI=1S/C16H21N5O2/c1-12(15-8-5-9-23-15)18-16(22)14(21-11-17-19-20-21)10-13-6-3-2-4-7-13/h2-4,6-7,11-12,14-15H,5,8-10H2,1H3,(H,18,22)/t12-,14+,15-/m0/s1. The number of hydrogen-bond acceptors (Lipinski definition) is 5. The Labute approximate surface area is 135 Å². The molecule has 1 N–H and O–H groups in total. The van der Waals surface area contributed by atoms with Gasteiger partial charge in [0, 0.05) is 13.0 Å². The molecule has 2 aromatic rings. The number of carbonyl (C=O) groups is 1. The number of carbonyl (C=O) groups excluding carboxylic acids is 1. The van der Waals surface area contributed by atoms with Gasteiger partial charge in [0.2, 0.25) is 5.91 Å². The number of aromatic nitrogens is 4. The van der Waals surface area contributed by atoms with Crippen molar-refractivity contribution in [2.75, 3.05) is 6.61 Å². The fourth-order valence-corrected chi connectivity index (χ4v) is 2.87. The number of amides is 1. The predicted molar refractivity (Wildman–Crippen MR) is 83.6 cm³/mol. The van der Waals surface area contributed by atoms with Gasteiger partial charge >= 0.3 is 0 Å². The Morgan fingerprint density at radius 1 is 1.43 bits per heavy atom. The van der Waals surface area contributed by atoms with Crippen LogP contribution in [0.25, 0.3) is 0 Å². The van der Waals surface area contributed by atoms with Crippen molar-refractivity contribution in [3.63, 3.8) is 0 Å². The second kappa shape index (κ2) is 7.32. The number of ether oxygens (including phenoxy) is 1. The first-order valence-electron chi connectivity index (χ1n) is 7.92. The molecule has 0 unspecified atom stereocenters. The SMILES string of the molecule is C[C@H](NC(=O)[C@@H](Cc1ccccc1)n1cnnn1)[C@@H]1CCCO1. The van der Waals surface area contributed by atoms with Gasteiger partial charge in [-0.05, 0) is 35.8 Å². The first-order valence-corrected chi connectivity index (χ1v) is 7.92. The molecule has 3 rings (SSSR count). The van der Waals surface area contributed by atoms with Crippen molar-refractivity contribution in [1.29, 1.82) is 0 Å². The summed E-state index contributed by atoms with van der Waals surface area (Å²) in [6.07, 6.45) is 4.13. The summed E-state index contributed by atoms with van der Waals surface area (Å²) in [5.74, 6) is -0.0934. The minimum atomic E-state index is -0.476. The summed E-state index contributed by atoms with van der Waals surface area (Å²) in [5, 5.41) is 14.3. The fourth-order valence-electron chi connectivity index (χ4n) is 2.87. The van der Waals surface area contributed by atoms with Gasteiger partial charge in [0.1, 0.15) is 12.4 Å². The number of benzene rings is 1. The third-order valence-electron chi connectivity index (χ3n) is 4.15. The molecule has 0 bridgehead atoms. The summed E-state index contributed by atoms with van der Waals surface area (Å²) in [7, 11) is 0. The Balaban J connectivity index is 1.71. The van der Waals surface area contributed by atoms with Crippen LogP contribution < -0.4 is 5.32 Å². The van der Waals surface area contributed by atoms with Gasteiger partial charge < -0.3 is 10.1 Å². The van der Waals surface area contributed by atoms with Crippen molar-refractivity contribution < 1.29 is 9.53 Å². The smallest absolute Gasteiger partial charge is 0.245 e. The largest absolute Gasteiger partial charge is 0.376 e. The van der Waals surface area contributed by atoms with Crippen LogP contribution in [-0.4, -0.2) is 44.9 Å². The van der Waals surface area contributed by atoms with E-state index in [9.17, 15) is 4.79 Å². The number of rotatable bonds is 6. The highest BCUT2D eigenvalue weighted by molar-refractivity contribution is 5.80. The van der Waals surface area contributed by atoms with Crippen molar-refractivity contribution in [3.8, 4) is 0 Å². The maximum atomic E-state index is 12.7. The topological polar surface area (TPSA) is 81.9 Å². The molecule has 1 aromatic heterocycles. The van der Waals surface area contributed by atoms with Crippen LogP contribution in [0.5, 0.6) is 0 Å². The average Bonchev–Trinajstić information content (AvgIpc) is 3.26. The normalized spacial score (nSPS) is 20.1. The van der Waals surface area contributed by atoms with E-state index in [0.29, 0.717) is 6.42 Å². The number of nitrogens with one attached hydrogen (secondary N) is 1. The van der Waals surface area contributed by atoms with Gasteiger partial charge in [-0.15, -0.1) is 5.10 Å². The molecule has 1 amide bonds. The molecule has 1 aliphatic rings. The van der Waals surface area contributed by atoms with Crippen molar-refractivity contribution in [3.05, 3.63) is 42.2 Å². The van der Waals surface area contributed by atoms with Gasteiger partial charge in [-0.25, -0.2) is 4.68 Å². The van der Waals surface area contributed by atoms with Crippen LogP contribution in [0.2, 0.25) is 0 Å². The summed E-state index contributed by atoms with van der Waals surface area (Å²) in [6.45, 7) is 2.75. The molecule has 122 valence electrons. The molecule has 1 aromatic carbocycles. The lowest BCUT2D eigenvalue weighted by Gasteiger charge is -2.23. The molecule has 1 aliphatic heterocycles. The highest BCUT2D eigenvalue weighted by Gasteiger charge is 2.28. The van der Waals surface area contributed by atoms with Gasteiger partial charge in [-0.1, -0.05) is 30.3 Å². The first kappa shape index (κ1) is 15.6. The van der Waals surface area contributed by atoms with E-state index in [1.807, 2.05) is 37.3 Å². The Morgan fingerprint density at radius 2 is 2.26 bits per heavy atom. The molecule has 0 saturated carbocycles. The van der Waals surface area contributed by atoms with E-state index < -0.39 is 6.04 Å². The molecule has 0 radical (unpaired) electrons. The summed E-state index contributed by atoms with van der Waals surface area (Å²) < 4.78 is 7.15. The summed E-state index contributed by atoms with van der Waals surface area (Å²) in [6, 6.07) is 9.35. The molecule has 0 spiro atoms. The highest BCUT2D eigenvalue weighted by atomic mass is 16.5. The molecule has 1 fully saturated rings. The lowest BCUT2D eigenvalue weighted by atomic mass is 10.0. The molecule has 3 atom stereocenters. The maximum absolute atomic E-state index is 12.7. The van der Waals surface area contributed by atoms with E-state index in [1.165, 1.54) is 11.0 Å². The van der Waals surface area contributed by atoms with Crippen LogP contribution in [0.3, 0.4) is 0 Å². The van der Waals surface area contributed by atoms with Crippen molar-refractivity contribution >= 4 is 5.91 Å². The van der Waals surface area contributed by atoms with Crippen LogP contribution in [0.4, 0.5) is 0 Å². The molecule has 7 heteroatoms. The maximum Gasteiger partial charge on any atom is 0.245 e. The highest BCUT2D eigenvalue weighted by Crippen LogP contribution is 2.18. The van der Waals surface area contributed by atoms with Gasteiger partial charge in [0.15, 0.2) is 0 Å². The summed E-state index contributed by atoms with van der Waals surface area (Å²) in [5.41, 5.74) is 1.06. The van der Waals surface area contributed by atoms with Crippen LogP contribution >= 0.6 is 0 Å². The summed E-state index contributed by atoms with van der Waals surface area (Å²) in [4.78, 5) is 12.7. The Morgan fingerprint density at radius 3 is 2.91 bits per heavy atom. The van der Waals surface area contributed by atoms with Crippen LogP contribution in [0.1, 0.15) is 31.4 Å². The zero-order valence-corrected chi connectivity index (χ0v) is 13.1. The van der Waals surface area contributed by atoms with Crippen LogP contribution in [0, 0.1) is 0 Å². The number of tetrazole rings is 1. The molecular formula is C16H21N5O2. The molecule has 0 aliphatic carbocycles. The zero-order valence-electron chi connectivity index (χ0n) is 13.1. The summed E-state index contributed by atoms with van der Waals surface area (Å²) >= 11 is 0. The monoisotopic (exact) mass is 315 g/mol. The Bertz CT molecular complexity index is 611. The van der Waals surface area contributed by atoms with E-state index in [2.05, 4.69) is 20.8 Å². The third kappa shape index (κ3) is 3.92. The number of hydrogen-bond donors (Lipinski definition) is 1. The second-order valence-electron chi connectivity index (χ2n) is 5.84. The average molecular weight is 315 g/mol. The quantitative estimate of drug-likeness (QED) is 0.864. The Hall–Kier alpha value is -2.28. The lowest BCUT2D eigenvalue weighted by molar-refractivity contribution is -0.126. The van der Waals surface area contributed by atoms with E-state index in [4.69, 9.17) is 4.74 Å². The molecule has 2 heterocycles. The van der Waals surface area contributed by atoms with Gasteiger partial charge in [0.05, 0.1) is 12.1 Å². The fraction of sp³-hybridized carbons (Fsp3) is 0.500. The van der Waals surface area contributed by atoms with Crippen molar-refractivity contribution in [2.24, 2.45) is 0 Å². The first-order chi connectivity index (χ1) is 11.2. The van der Waals surface area contributed by atoms with Crippen molar-refractivity contribution in [2.45, 2.75) is 44.4 Å². The van der Waals surface area contributed by atoms with E-state index in [1.54, 1.807) is 0 Å². The van der Waals surface area contributed by atoms with E-state index in [0.717, 1.165) is 25.0 Å². The lowest BCUT2D eigenvalue weighted by Crippen LogP contribution is -2.44. The van der Waals surface area contributed by atoms with E-state index in [-0.39, 0.29) is 18.1 Å². The van der Waals surface area contributed by atoms with Crippen LogP contribution in [-0.2, 0) is 16.0 Å². The van der Waals surface area contributed by atoms with Gasteiger partial charge in [-0.3, -0.25) is 4.79 Å². The molecule has 23 heavy (non-hydrogen) atoms. The third-order valence-corrected chi connectivity index (χ3v) is 4.15. The molecule has 7 nitrogen and oxygen atoms in total. The minimum Gasteiger partial charge on any atom is -0.376 e. The van der Waals surface area contributed by atoms with Crippen molar-refractivity contribution in [1.82, 2.24) is 25.5 Å². The number of nitrogens with zero attached hydrogens (tertiary/aromatic N) is 4. The second-order valence-corrected chi connectivity index (χ2v) is 5.84. The predicted octanol–water partition coefficient (Wildman–Crippen LogP) is 1.14.